The van der Waals surface area contributed by atoms with Crippen LogP contribution in [0.2, 0.25) is 0 Å². The van der Waals surface area contributed by atoms with Gasteiger partial charge in [-0.2, -0.15) is 4.68 Å². The van der Waals surface area contributed by atoms with Crippen LogP contribution in [-0.2, 0) is 16.0 Å². The first-order valence-electron chi connectivity index (χ1n) is 7.52. The van der Waals surface area contributed by atoms with E-state index in [4.69, 9.17) is 5.73 Å². The number of imide groups is 1. The number of nitrogens with zero attached hydrogens (tertiary/aromatic N) is 3. The summed E-state index contributed by atoms with van der Waals surface area (Å²) in [6, 6.07) is 4.60. The molecule has 0 aliphatic carbocycles. The van der Waals surface area contributed by atoms with Gasteiger partial charge in [-0.3, -0.25) is 19.7 Å². The number of piperidine rings is 1. The molecule has 1 saturated heterocycles. The Morgan fingerprint density at radius 3 is 2.87 bits per heavy atom. The standard InChI is InChI=1S/C15H17N5O3/c16-7-1-2-9-3-4-11-10(8-9)15(23)20(19-18-11)12-5-6-13(21)17-14(12)22/h3-4,8,12H,1-2,5-7,16H2,(H,17,21,22). The van der Waals surface area contributed by atoms with Crippen molar-refractivity contribution in [2.24, 2.45) is 5.73 Å². The second kappa shape index (κ2) is 6.25. The molecule has 2 amide bonds. The number of rotatable bonds is 4. The summed E-state index contributed by atoms with van der Waals surface area (Å²) in [5.41, 5.74) is 6.60. The van der Waals surface area contributed by atoms with E-state index in [1.54, 1.807) is 12.1 Å². The molecule has 2 aromatic rings. The molecule has 3 rings (SSSR count). The minimum Gasteiger partial charge on any atom is -0.330 e. The molecule has 23 heavy (non-hydrogen) atoms. The molecule has 0 bridgehead atoms. The van der Waals surface area contributed by atoms with Gasteiger partial charge in [0.15, 0.2) is 0 Å². The highest BCUT2D eigenvalue weighted by molar-refractivity contribution is 5.99. The highest BCUT2D eigenvalue weighted by atomic mass is 16.2. The summed E-state index contributed by atoms with van der Waals surface area (Å²) in [5, 5.41) is 10.5. The minimum atomic E-state index is -0.801. The number of nitrogens with two attached hydrogens (primary N) is 1. The fraction of sp³-hybridized carbons (Fsp3) is 0.400. The molecule has 0 saturated carbocycles. The molecule has 0 spiro atoms. The van der Waals surface area contributed by atoms with Crippen molar-refractivity contribution >= 4 is 22.7 Å². The van der Waals surface area contributed by atoms with E-state index >= 15 is 0 Å². The van der Waals surface area contributed by atoms with Gasteiger partial charge in [-0.1, -0.05) is 11.3 Å². The third kappa shape index (κ3) is 2.98. The van der Waals surface area contributed by atoms with E-state index < -0.39 is 11.9 Å². The van der Waals surface area contributed by atoms with E-state index in [1.807, 2.05) is 6.07 Å². The lowest BCUT2D eigenvalue weighted by molar-refractivity contribution is -0.136. The maximum Gasteiger partial charge on any atom is 0.278 e. The second-order valence-electron chi connectivity index (χ2n) is 5.55. The van der Waals surface area contributed by atoms with Gasteiger partial charge in [0.05, 0.1) is 5.39 Å². The van der Waals surface area contributed by atoms with Gasteiger partial charge in [0.1, 0.15) is 11.6 Å². The van der Waals surface area contributed by atoms with Crippen molar-refractivity contribution in [3.05, 3.63) is 34.1 Å². The zero-order valence-electron chi connectivity index (χ0n) is 12.5. The zero-order chi connectivity index (χ0) is 16.4. The first-order chi connectivity index (χ1) is 11.1. The molecule has 1 atom stereocenters. The van der Waals surface area contributed by atoms with Crippen molar-refractivity contribution < 1.29 is 9.59 Å². The smallest absolute Gasteiger partial charge is 0.278 e. The lowest BCUT2D eigenvalue weighted by Gasteiger charge is -2.21. The Balaban J connectivity index is 2.01. The number of hydrogen-bond donors (Lipinski definition) is 2. The predicted molar refractivity (Wildman–Crippen MR) is 82.6 cm³/mol. The molecule has 1 aromatic heterocycles. The number of nitrogens with one attached hydrogen (secondary N) is 1. The number of aromatic nitrogens is 3. The van der Waals surface area contributed by atoms with Crippen LogP contribution < -0.4 is 16.6 Å². The van der Waals surface area contributed by atoms with Crippen LogP contribution in [0.25, 0.3) is 10.9 Å². The SMILES string of the molecule is NCCCc1ccc2nnn(C3CCC(=O)NC3=O)c(=O)c2c1. The van der Waals surface area contributed by atoms with E-state index in [9.17, 15) is 14.4 Å². The summed E-state index contributed by atoms with van der Waals surface area (Å²) in [6.07, 6.45) is 2.02. The summed E-state index contributed by atoms with van der Waals surface area (Å²) >= 11 is 0. The fourth-order valence-corrected chi connectivity index (χ4v) is 2.68. The molecule has 1 aliphatic rings. The molecule has 1 aliphatic heterocycles. The zero-order valence-corrected chi connectivity index (χ0v) is 12.5. The molecule has 1 unspecified atom stereocenters. The van der Waals surface area contributed by atoms with Gasteiger partial charge in [0.2, 0.25) is 5.91 Å². The Kier molecular flexibility index (Phi) is 4.16. The van der Waals surface area contributed by atoms with Crippen molar-refractivity contribution in [3.63, 3.8) is 0 Å². The van der Waals surface area contributed by atoms with Crippen molar-refractivity contribution in [1.82, 2.24) is 20.3 Å². The van der Waals surface area contributed by atoms with Gasteiger partial charge in [0, 0.05) is 6.42 Å². The number of benzene rings is 1. The maximum atomic E-state index is 12.7. The lowest BCUT2D eigenvalue weighted by Crippen LogP contribution is -2.45. The topological polar surface area (TPSA) is 120 Å². The number of carbonyl (C=O) groups excluding carboxylic acids is 2. The van der Waals surface area contributed by atoms with Crippen LogP contribution in [0.3, 0.4) is 0 Å². The Labute approximate surface area is 131 Å². The van der Waals surface area contributed by atoms with Gasteiger partial charge >= 0.3 is 0 Å². The molecular formula is C15H17N5O3. The van der Waals surface area contributed by atoms with Gasteiger partial charge in [-0.15, -0.1) is 5.10 Å². The molecule has 2 heterocycles. The first kappa shape index (κ1) is 15.3. The summed E-state index contributed by atoms with van der Waals surface area (Å²) in [4.78, 5) is 35.8. The van der Waals surface area contributed by atoms with Crippen LogP contribution in [0.1, 0.15) is 30.9 Å². The van der Waals surface area contributed by atoms with Crippen molar-refractivity contribution in [2.75, 3.05) is 6.54 Å². The van der Waals surface area contributed by atoms with E-state index in [-0.39, 0.29) is 24.3 Å². The van der Waals surface area contributed by atoms with Gasteiger partial charge in [-0.05, 0) is 43.5 Å². The van der Waals surface area contributed by atoms with E-state index in [1.165, 1.54) is 0 Å². The van der Waals surface area contributed by atoms with Crippen LogP contribution in [0, 0.1) is 0 Å². The van der Waals surface area contributed by atoms with Crippen LogP contribution >= 0.6 is 0 Å². The summed E-state index contributed by atoms with van der Waals surface area (Å²) in [7, 11) is 0. The van der Waals surface area contributed by atoms with E-state index in [0.29, 0.717) is 17.4 Å². The predicted octanol–water partition coefficient (Wildman–Crippen LogP) is -0.340. The van der Waals surface area contributed by atoms with Gasteiger partial charge < -0.3 is 5.73 Å². The molecule has 3 N–H and O–H groups in total. The molecule has 8 nitrogen and oxygen atoms in total. The van der Waals surface area contributed by atoms with E-state index in [0.717, 1.165) is 23.1 Å². The third-order valence-electron chi connectivity index (χ3n) is 3.92. The highest BCUT2D eigenvalue weighted by Gasteiger charge is 2.30. The maximum absolute atomic E-state index is 12.7. The van der Waals surface area contributed by atoms with Crippen LogP contribution in [0.5, 0.6) is 0 Å². The quantitative estimate of drug-likeness (QED) is 0.745. The molecule has 8 heteroatoms. The van der Waals surface area contributed by atoms with Gasteiger partial charge in [0.25, 0.3) is 11.5 Å². The number of hydrogen-bond acceptors (Lipinski definition) is 6. The van der Waals surface area contributed by atoms with Crippen molar-refractivity contribution in [1.29, 1.82) is 0 Å². The summed E-state index contributed by atoms with van der Waals surface area (Å²) < 4.78 is 1.07. The summed E-state index contributed by atoms with van der Waals surface area (Å²) in [5.74, 6) is -0.853. The Morgan fingerprint density at radius 1 is 1.30 bits per heavy atom. The van der Waals surface area contributed by atoms with E-state index in [2.05, 4.69) is 15.6 Å². The molecule has 0 radical (unpaired) electrons. The first-order valence-corrected chi connectivity index (χ1v) is 7.52. The molecule has 120 valence electrons. The number of amides is 2. The van der Waals surface area contributed by atoms with Crippen LogP contribution in [0.15, 0.2) is 23.0 Å². The Morgan fingerprint density at radius 2 is 2.13 bits per heavy atom. The third-order valence-corrected chi connectivity index (χ3v) is 3.92. The van der Waals surface area contributed by atoms with Gasteiger partial charge in [-0.25, -0.2) is 0 Å². The fourth-order valence-electron chi connectivity index (χ4n) is 2.68. The lowest BCUT2D eigenvalue weighted by atomic mass is 10.1. The molecular weight excluding hydrogens is 298 g/mol. The van der Waals surface area contributed by atoms with Crippen molar-refractivity contribution in [3.8, 4) is 0 Å². The average molecular weight is 315 g/mol. The number of carbonyl (C=O) groups is 2. The van der Waals surface area contributed by atoms with Crippen molar-refractivity contribution in [2.45, 2.75) is 31.7 Å². The molecule has 1 aromatic carbocycles. The van der Waals surface area contributed by atoms with Crippen LogP contribution in [0.4, 0.5) is 0 Å². The number of fused-ring (bicyclic) bond motifs is 1. The minimum absolute atomic E-state index is 0.180. The molecule has 1 fully saturated rings. The monoisotopic (exact) mass is 315 g/mol. The highest BCUT2D eigenvalue weighted by Crippen LogP contribution is 2.17. The summed E-state index contributed by atoms with van der Waals surface area (Å²) in [6.45, 7) is 0.577. The Hall–Kier alpha value is -2.61. The largest absolute Gasteiger partial charge is 0.330 e. The second-order valence-corrected chi connectivity index (χ2v) is 5.55. The van der Waals surface area contributed by atoms with Crippen LogP contribution in [-0.4, -0.2) is 33.4 Å². The Bertz CT molecular complexity index is 829. The number of aryl methyl sites for hydroxylation is 1. The average Bonchev–Trinajstić information content (AvgIpc) is 2.54. The normalized spacial score (nSPS) is 18.2.